The first-order valence-electron chi connectivity index (χ1n) is 7.47. The maximum absolute atomic E-state index is 6.31. The summed E-state index contributed by atoms with van der Waals surface area (Å²) in [5.74, 6) is 1.12. The summed E-state index contributed by atoms with van der Waals surface area (Å²) in [5, 5.41) is 0.712. The van der Waals surface area contributed by atoms with Crippen LogP contribution in [0.3, 0.4) is 0 Å². The molecule has 0 saturated heterocycles. The van der Waals surface area contributed by atoms with Gasteiger partial charge in [-0.05, 0) is 55.1 Å². The second-order valence-electron chi connectivity index (χ2n) is 6.40. The molecule has 4 nitrogen and oxygen atoms in total. The third kappa shape index (κ3) is 5.34. The molecule has 23 heavy (non-hydrogen) atoms. The molecule has 2 aromatic rings. The van der Waals surface area contributed by atoms with Crippen LogP contribution in [0.25, 0.3) is 11.3 Å². The summed E-state index contributed by atoms with van der Waals surface area (Å²) < 4.78 is 5.80. The number of benzene rings is 1. The van der Waals surface area contributed by atoms with Crippen molar-refractivity contribution >= 4 is 23.2 Å². The van der Waals surface area contributed by atoms with Crippen molar-refractivity contribution in [2.45, 2.75) is 32.7 Å². The van der Waals surface area contributed by atoms with E-state index in [4.69, 9.17) is 33.7 Å². The molecular formula is C17H21Cl2N3O. The molecule has 0 radical (unpaired) electrons. The van der Waals surface area contributed by atoms with Crippen molar-refractivity contribution < 1.29 is 4.74 Å². The van der Waals surface area contributed by atoms with Crippen molar-refractivity contribution in [1.29, 1.82) is 0 Å². The van der Waals surface area contributed by atoms with Crippen LogP contribution in [0.1, 0.15) is 27.2 Å². The van der Waals surface area contributed by atoms with Gasteiger partial charge in [0, 0.05) is 17.3 Å². The van der Waals surface area contributed by atoms with Gasteiger partial charge in [0.1, 0.15) is 12.4 Å². The maximum atomic E-state index is 6.31. The predicted molar refractivity (Wildman–Crippen MR) is 95.0 cm³/mol. The van der Waals surface area contributed by atoms with Gasteiger partial charge < -0.3 is 10.5 Å². The van der Waals surface area contributed by atoms with E-state index in [0.29, 0.717) is 29.0 Å². The van der Waals surface area contributed by atoms with Gasteiger partial charge in [-0.25, -0.2) is 9.97 Å². The third-order valence-electron chi connectivity index (χ3n) is 3.29. The fraction of sp³-hybridized carbons (Fsp3) is 0.412. The number of nitrogens with two attached hydrogens (primary N) is 1. The van der Waals surface area contributed by atoms with Crippen LogP contribution in [-0.2, 0) is 0 Å². The van der Waals surface area contributed by atoms with Gasteiger partial charge in [0.2, 0.25) is 5.28 Å². The lowest BCUT2D eigenvalue weighted by Gasteiger charge is -2.26. The van der Waals surface area contributed by atoms with E-state index < -0.39 is 5.54 Å². The van der Waals surface area contributed by atoms with Gasteiger partial charge in [-0.15, -0.1) is 0 Å². The van der Waals surface area contributed by atoms with Gasteiger partial charge in [0.05, 0.1) is 10.7 Å². The third-order valence-corrected chi connectivity index (χ3v) is 3.76. The Bertz CT molecular complexity index is 675. The second-order valence-corrected chi connectivity index (χ2v) is 7.14. The van der Waals surface area contributed by atoms with Crippen LogP contribution in [0, 0.1) is 5.92 Å². The molecule has 6 heteroatoms. The van der Waals surface area contributed by atoms with Crippen LogP contribution < -0.4 is 10.5 Å². The van der Waals surface area contributed by atoms with Crippen LogP contribution in [-0.4, -0.2) is 22.1 Å². The molecule has 0 spiro atoms. The van der Waals surface area contributed by atoms with Gasteiger partial charge in [-0.2, -0.15) is 0 Å². The topological polar surface area (TPSA) is 61.0 Å². The van der Waals surface area contributed by atoms with Crippen LogP contribution in [0.5, 0.6) is 5.75 Å². The normalized spacial score (nSPS) is 13.9. The minimum Gasteiger partial charge on any atom is -0.490 e. The summed E-state index contributed by atoms with van der Waals surface area (Å²) in [5.41, 5.74) is 7.42. The lowest BCUT2D eigenvalue weighted by molar-refractivity contribution is 0.207. The molecule has 0 aliphatic heterocycles. The van der Waals surface area contributed by atoms with E-state index in [1.54, 1.807) is 18.3 Å². The van der Waals surface area contributed by atoms with Gasteiger partial charge >= 0.3 is 0 Å². The maximum Gasteiger partial charge on any atom is 0.222 e. The molecule has 0 amide bonds. The highest BCUT2D eigenvalue weighted by molar-refractivity contribution is 6.32. The Morgan fingerprint density at radius 3 is 2.61 bits per heavy atom. The number of aromatic nitrogens is 2. The Labute approximate surface area is 147 Å². The first-order chi connectivity index (χ1) is 10.8. The van der Waals surface area contributed by atoms with Crippen molar-refractivity contribution in [3.63, 3.8) is 0 Å². The summed E-state index contributed by atoms with van der Waals surface area (Å²) in [6.45, 7) is 6.67. The van der Waals surface area contributed by atoms with E-state index in [-0.39, 0.29) is 5.28 Å². The van der Waals surface area contributed by atoms with Gasteiger partial charge in [0.15, 0.2) is 0 Å². The summed E-state index contributed by atoms with van der Waals surface area (Å²) in [6.07, 6.45) is 2.48. The molecule has 0 aliphatic rings. The molecule has 0 saturated carbocycles. The highest BCUT2D eigenvalue weighted by Crippen LogP contribution is 2.30. The highest BCUT2D eigenvalue weighted by Gasteiger charge is 2.21. The molecule has 1 unspecified atom stereocenters. The number of ether oxygens (including phenoxy) is 1. The summed E-state index contributed by atoms with van der Waals surface area (Å²) in [7, 11) is 0. The van der Waals surface area contributed by atoms with E-state index in [1.807, 2.05) is 19.1 Å². The van der Waals surface area contributed by atoms with E-state index >= 15 is 0 Å². The molecule has 1 heterocycles. The number of nitrogens with zero attached hydrogens (tertiary/aromatic N) is 2. The largest absolute Gasteiger partial charge is 0.490 e. The Hall–Kier alpha value is -1.36. The average Bonchev–Trinajstić information content (AvgIpc) is 2.44. The summed E-state index contributed by atoms with van der Waals surface area (Å²) in [4.78, 5) is 8.04. The quantitative estimate of drug-likeness (QED) is 0.771. The van der Waals surface area contributed by atoms with Crippen molar-refractivity contribution in [2.24, 2.45) is 11.7 Å². The zero-order valence-electron chi connectivity index (χ0n) is 13.5. The molecule has 1 aromatic heterocycles. The number of rotatable bonds is 6. The smallest absolute Gasteiger partial charge is 0.222 e. The molecule has 1 aromatic carbocycles. The monoisotopic (exact) mass is 353 g/mol. The Balaban J connectivity index is 2.11. The standard InChI is InChI=1S/C17H21Cl2N3O/c1-11(2)9-17(3,20)10-23-15-5-4-12(8-13(15)18)14-6-7-21-16(19)22-14/h4-8,11H,9-10,20H2,1-3H3. The molecule has 1 atom stereocenters. The second kappa shape index (κ2) is 7.47. The minimum absolute atomic E-state index is 0.200. The highest BCUT2D eigenvalue weighted by atomic mass is 35.5. The minimum atomic E-state index is -0.393. The molecule has 124 valence electrons. The SMILES string of the molecule is CC(C)CC(C)(N)COc1ccc(-c2ccnc(Cl)n2)cc1Cl. The first kappa shape index (κ1) is 18.0. The van der Waals surface area contributed by atoms with Gasteiger partial charge in [0.25, 0.3) is 0 Å². The predicted octanol–water partition coefficient (Wildman–Crippen LogP) is 4.59. The number of halogens is 2. The average molecular weight is 354 g/mol. The molecular weight excluding hydrogens is 333 g/mol. The number of hydrogen-bond donors (Lipinski definition) is 1. The molecule has 0 bridgehead atoms. The fourth-order valence-corrected chi connectivity index (χ4v) is 2.89. The van der Waals surface area contributed by atoms with Crippen LogP contribution in [0.4, 0.5) is 0 Å². The Morgan fingerprint density at radius 2 is 2.00 bits per heavy atom. The molecule has 0 fully saturated rings. The van der Waals surface area contributed by atoms with Crippen molar-refractivity contribution in [1.82, 2.24) is 9.97 Å². The Morgan fingerprint density at radius 1 is 1.26 bits per heavy atom. The van der Waals surface area contributed by atoms with Gasteiger partial charge in [-0.1, -0.05) is 25.4 Å². The molecule has 2 N–H and O–H groups in total. The summed E-state index contributed by atoms with van der Waals surface area (Å²) >= 11 is 12.1. The van der Waals surface area contributed by atoms with Gasteiger partial charge in [-0.3, -0.25) is 0 Å². The Kier molecular flexibility index (Phi) is 5.84. The van der Waals surface area contributed by atoms with E-state index in [2.05, 4.69) is 23.8 Å². The van der Waals surface area contributed by atoms with E-state index in [9.17, 15) is 0 Å². The lowest BCUT2D eigenvalue weighted by Crippen LogP contribution is -2.43. The summed E-state index contributed by atoms with van der Waals surface area (Å²) in [6, 6.07) is 7.28. The molecule has 0 aliphatic carbocycles. The number of hydrogen-bond acceptors (Lipinski definition) is 4. The van der Waals surface area contributed by atoms with Crippen LogP contribution in [0.2, 0.25) is 10.3 Å². The van der Waals surface area contributed by atoms with E-state index in [0.717, 1.165) is 12.0 Å². The van der Waals surface area contributed by atoms with Crippen molar-refractivity contribution in [3.8, 4) is 17.0 Å². The zero-order valence-corrected chi connectivity index (χ0v) is 15.0. The lowest BCUT2D eigenvalue weighted by atomic mass is 9.93. The molecule has 2 rings (SSSR count). The van der Waals surface area contributed by atoms with E-state index in [1.165, 1.54) is 0 Å². The fourth-order valence-electron chi connectivity index (χ4n) is 2.51. The van der Waals surface area contributed by atoms with Crippen LogP contribution >= 0.6 is 23.2 Å². The van der Waals surface area contributed by atoms with Crippen LogP contribution in [0.15, 0.2) is 30.5 Å². The zero-order chi connectivity index (χ0) is 17.0. The van der Waals surface area contributed by atoms with Crippen molar-refractivity contribution in [3.05, 3.63) is 40.8 Å². The first-order valence-corrected chi connectivity index (χ1v) is 8.22. The van der Waals surface area contributed by atoms with Crippen molar-refractivity contribution in [2.75, 3.05) is 6.61 Å².